The second-order valence-corrected chi connectivity index (χ2v) is 10.8. The van der Waals surface area contributed by atoms with Gasteiger partial charge in [0.2, 0.25) is 11.8 Å². The van der Waals surface area contributed by atoms with Crippen LogP contribution < -0.4 is 15.0 Å². The summed E-state index contributed by atoms with van der Waals surface area (Å²) in [6, 6.07) is 12.1. The first-order chi connectivity index (χ1) is 18.4. The molecule has 1 aromatic heterocycles. The number of rotatable bonds is 8. The van der Waals surface area contributed by atoms with Crippen molar-refractivity contribution in [3.05, 3.63) is 71.6 Å². The number of carboxylic acids is 1. The van der Waals surface area contributed by atoms with Gasteiger partial charge in [-0.15, -0.1) is 23.5 Å². The van der Waals surface area contributed by atoms with Crippen LogP contribution >= 0.6 is 23.5 Å². The maximum atomic E-state index is 13.1. The van der Waals surface area contributed by atoms with Crippen molar-refractivity contribution < 1.29 is 29.0 Å². The Bertz CT molecular complexity index is 1350. The fraction of sp³-hybridized carbons (Fsp3) is 0.269. The van der Waals surface area contributed by atoms with Gasteiger partial charge < -0.3 is 20.1 Å². The predicted octanol–water partition coefficient (Wildman–Crippen LogP) is 2.28. The topological polar surface area (TPSA) is 129 Å². The monoisotopic (exact) mass is 552 g/mol. The number of allylic oxidation sites excluding steroid dienone is 1. The number of nitrogens with one attached hydrogen (secondary N) is 1. The Hall–Kier alpha value is -3.77. The Labute approximate surface area is 227 Å². The van der Waals surface area contributed by atoms with E-state index < -0.39 is 23.3 Å². The van der Waals surface area contributed by atoms with Crippen LogP contribution in [0.15, 0.2) is 76.5 Å². The molecule has 0 spiro atoms. The zero-order valence-corrected chi connectivity index (χ0v) is 22.0. The molecule has 12 heteroatoms. The normalized spacial score (nSPS) is 21.9. The molecule has 38 heavy (non-hydrogen) atoms. The van der Waals surface area contributed by atoms with Gasteiger partial charge >= 0.3 is 5.97 Å². The molecular formula is C26H24N4O6S2. The number of hydrogen-bond acceptors (Lipinski definition) is 8. The van der Waals surface area contributed by atoms with Crippen LogP contribution in [-0.4, -0.2) is 75.3 Å². The molecule has 3 aliphatic rings. The van der Waals surface area contributed by atoms with Crippen molar-refractivity contribution >= 4 is 52.9 Å². The lowest BCUT2D eigenvalue weighted by Gasteiger charge is -2.49. The number of hydrogen-bond donors (Lipinski definition) is 2. The van der Waals surface area contributed by atoms with Gasteiger partial charge in [-0.2, -0.15) is 0 Å². The lowest BCUT2D eigenvalue weighted by atomic mass is 10.0. The first-order valence-corrected chi connectivity index (χ1v) is 13.8. The van der Waals surface area contributed by atoms with E-state index in [2.05, 4.69) is 10.3 Å². The Balaban J connectivity index is 1.28. The van der Waals surface area contributed by atoms with Crippen LogP contribution in [0, 0.1) is 0 Å². The fourth-order valence-electron chi connectivity index (χ4n) is 4.49. The minimum absolute atomic E-state index is 0.145. The zero-order valence-electron chi connectivity index (χ0n) is 20.3. The summed E-state index contributed by atoms with van der Waals surface area (Å²) < 4.78 is 5.06. The number of amides is 3. The van der Waals surface area contributed by atoms with Crippen LogP contribution in [-0.2, 0) is 19.2 Å². The average molecular weight is 553 g/mol. The predicted molar refractivity (Wildman–Crippen MR) is 143 cm³/mol. The second-order valence-electron chi connectivity index (χ2n) is 8.67. The van der Waals surface area contributed by atoms with Gasteiger partial charge in [0.1, 0.15) is 17.1 Å². The Morgan fingerprint density at radius 3 is 2.71 bits per heavy atom. The van der Waals surface area contributed by atoms with Crippen LogP contribution in [0.25, 0.3) is 0 Å². The molecule has 4 heterocycles. The number of carbonyl (C=O) groups excluding carboxylic acids is 3. The lowest BCUT2D eigenvalue weighted by Crippen LogP contribution is -2.70. The van der Waals surface area contributed by atoms with Crippen LogP contribution in [0.4, 0.5) is 5.69 Å². The summed E-state index contributed by atoms with van der Waals surface area (Å²) >= 11 is 2.72. The van der Waals surface area contributed by atoms with Crippen molar-refractivity contribution in [1.29, 1.82) is 0 Å². The zero-order chi connectivity index (χ0) is 26.8. The highest BCUT2D eigenvalue weighted by molar-refractivity contribution is 8.00. The third kappa shape index (κ3) is 5.01. The SMILES string of the molecule is COc1ccc(N2CCC(=CC3=C(C(=O)O)N4C(=O)[C@@H](NC(=O)CSc5ccccc5)[C@H]4SC3)C2=O)cn1. The summed E-state index contributed by atoms with van der Waals surface area (Å²) in [5, 5.41) is 12.2. The van der Waals surface area contributed by atoms with Gasteiger partial charge in [0, 0.05) is 28.8 Å². The number of β-lactam (4-membered cyclic amide) rings is 1. The highest BCUT2D eigenvalue weighted by atomic mass is 32.2. The second kappa shape index (κ2) is 10.9. The highest BCUT2D eigenvalue weighted by Gasteiger charge is 2.54. The summed E-state index contributed by atoms with van der Waals surface area (Å²) in [6.45, 7) is 0.432. The number of thioether (sulfide) groups is 2. The van der Waals surface area contributed by atoms with Crippen molar-refractivity contribution in [3.8, 4) is 5.88 Å². The molecular weight excluding hydrogens is 528 g/mol. The van der Waals surface area contributed by atoms with Gasteiger partial charge in [-0.1, -0.05) is 18.2 Å². The third-order valence-corrected chi connectivity index (χ3v) is 8.66. The average Bonchev–Trinajstić information content (AvgIpc) is 3.30. The minimum atomic E-state index is -1.25. The standard InChI is InChI=1S/C26H24N4O6S2/c1-36-20-8-7-17(12-27-20)29-10-9-15(23(29)32)11-16-13-38-25-21(24(33)30(25)22(16)26(34)35)28-19(31)14-37-18-5-3-2-4-6-18/h2-8,11-12,21,25H,9-10,13-14H2,1H3,(H,28,31)(H,34,35)/t21-,25-/m1/s1. The molecule has 2 atom stereocenters. The fourth-order valence-corrected chi connectivity index (χ4v) is 6.53. The molecule has 0 unspecified atom stereocenters. The van der Waals surface area contributed by atoms with E-state index in [4.69, 9.17) is 4.74 Å². The number of ether oxygens (including phenoxy) is 1. The van der Waals surface area contributed by atoms with Gasteiger partial charge in [0.15, 0.2) is 0 Å². The van der Waals surface area contributed by atoms with E-state index in [1.54, 1.807) is 29.3 Å². The summed E-state index contributed by atoms with van der Waals surface area (Å²) in [5.74, 6) is -1.38. The number of carboxylic acid groups (broad SMARTS) is 1. The lowest BCUT2D eigenvalue weighted by molar-refractivity contribution is -0.150. The Kier molecular flexibility index (Phi) is 7.43. The molecule has 1 aromatic carbocycles. The molecule has 3 amide bonds. The van der Waals surface area contributed by atoms with Gasteiger partial charge in [0.25, 0.3) is 11.8 Å². The number of pyridine rings is 1. The van der Waals surface area contributed by atoms with E-state index in [-0.39, 0.29) is 23.3 Å². The number of aromatic nitrogens is 1. The van der Waals surface area contributed by atoms with E-state index in [1.165, 1.54) is 35.5 Å². The maximum absolute atomic E-state index is 13.1. The van der Waals surface area contributed by atoms with E-state index in [1.807, 2.05) is 30.3 Å². The molecule has 0 radical (unpaired) electrons. The van der Waals surface area contributed by atoms with Crippen molar-refractivity contribution in [2.75, 3.05) is 30.1 Å². The summed E-state index contributed by atoms with van der Waals surface area (Å²) in [6.07, 6.45) is 3.57. The molecule has 0 aliphatic carbocycles. The van der Waals surface area contributed by atoms with Gasteiger partial charge in [-0.05, 0) is 36.3 Å². The molecule has 2 saturated heterocycles. The van der Waals surface area contributed by atoms with Gasteiger partial charge in [0.05, 0.1) is 24.7 Å². The van der Waals surface area contributed by atoms with Crippen molar-refractivity contribution in [2.24, 2.45) is 0 Å². The summed E-state index contributed by atoms with van der Waals surface area (Å²) in [7, 11) is 1.51. The van der Waals surface area contributed by atoms with Crippen LogP contribution in [0.5, 0.6) is 5.88 Å². The number of carbonyl (C=O) groups is 4. The number of aliphatic carboxylic acids is 1. The van der Waals surface area contributed by atoms with Crippen molar-refractivity contribution in [3.63, 3.8) is 0 Å². The van der Waals surface area contributed by atoms with Crippen LogP contribution in [0.2, 0.25) is 0 Å². The van der Waals surface area contributed by atoms with Crippen LogP contribution in [0.1, 0.15) is 6.42 Å². The van der Waals surface area contributed by atoms with Gasteiger partial charge in [-0.3, -0.25) is 19.3 Å². The molecule has 196 valence electrons. The molecule has 10 nitrogen and oxygen atoms in total. The molecule has 5 rings (SSSR count). The molecule has 2 N–H and O–H groups in total. The van der Waals surface area contributed by atoms with E-state index in [0.29, 0.717) is 41.4 Å². The van der Waals surface area contributed by atoms with E-state index >= 15 is 0 Å². The number of methoxy groups -OCH3 is 1. The Morgan fingerprint density at radius 2 is 2.03 bits per heavy atom. The number of nitrogens with zero attached hydrogens (tertiary/aromatic N) is 3. The largest absolute Gasteiger partial charge is 0.481 e. The highest BCUT2D eigenvalue weighted by Crippen LogP contribution is 2.41. The first kappa shape index (κ1) is 25.9. The van der Waals surface area contributed by atoms with E-state index in [0.717, 1.165) is 4.90 Å². The summed E-state index contributed by atoms with van der Waals surface area (Å²) in [4.78, 5) is 58.5. The van der Waals surface area contributed by atoms with Gasteiger partial charge in [-0.25, -0.2) is 9.78 Å². The minimum Gasteiger partial charge on any atom is -0.481 e. The van der Waals surface area contributed by atoms with Crippen molar-refractivity contribution in [1.82, 2.24) is 15.2 Å². The number of benzene rings is 1. The molecule has 0 bridgehead atoms. The van der Waals surface area contributed by atoms with Crippen LogP contribution in [0.3, 0.4) is 0 Å². The smallest absolute Gasteiger partial charge is 0.352 e. The number of fused-ring (bicyclic) bond motifs is 1. The molecule has 2 aromatic rings. The number of anilines is 1. The summed E-state index contributed by atoms with van der Waals surface area (Å²) in [5.41, 5.74) is 1.33. The molecule has 2 fully saturated rings. The Morgan fingerprint density at radius 1 is 1.24 bits per heavy atom. The third-order valence-electron chi connectivity index (χ3n) is 6.34. The molecule has 0 saturated carbocycles. The first-order valence-electron chi connectivity index (χ1n) is 11.8. The van der Waals surface area contributed by atoms with E-state index in [9.17, 15) is 24.3 Å². The quantitative estimate of drug-likeness (QED) is 0.288. The maximum Gasteiger partial charge on any atom is 0.352 e. The van der Waals surface area contributed by atoms with Crippen molar-refractivity contribution in [2.45, 2.75) is 22.7 Å². The molecule has 3 aliphatic heterocycles.